The van der Waals surface area contributed by atoms with E-state index < -0.39 is 0 Å². The minimum atomic E-state index is -0.284. The third-order valence-corrected chi connectivity index (χ3v) is 5.39. The first kappa shape index (κ1) is 20.6. The van der Waals surface area contributed by atoms with Gasteiger partial charge in [0.2, 0.25) is 11.8 Å². The molecule has 0 aromatic heterocycles. The number of benzene rings is 2. The molecule has 1 aliphatic carbocycles. The Hall–Kier alpha value is -2.08. The normalized spacial score (nSPS) is 15.8. The second kappa shape index (κ2) is 9.41. The molecule has 2 amide bonds. The van der Waals surface area contributed by atoms with Crippen molar-refractivity contribution in [1.29, 1.82) is 0 Å². The van der Waals surface area contributed by atoms with Gasteiger partial charge in [-0.25, -0.2) is 0 Å². The summed E-state index contributed by atoms with van der Waals surface area (Å²) in [4.78, 5) is 26.4. The summed E-state index contributed by atoms with van der Waals surface area (Å²) in [5.41, 5.74) is 2.87. The molecule has 0 aliphatic heterocycles. The first-order valence-electron chi connectivity index (χ1n) is 9.23. The highest BCUT2D eigenvalue weighted by molar-refractivity contribution is 6.39. The van der Waals surface area contributed by atoms with E-state index in [1.807, 2.05) is 12.1 Å². The Bertz CT molecular complexity index is 852. The highest BCUT2D eigenvalue weighted by Gasteiger charge is 2.22. The second-order valence-electron chi connectivity index (χ2n) is 7.03. The molecule has 1 atom stereocenters. The van der Waals surface area contributed by atoms with Crippen molar-refractivity contribution in [3.63, 3.8) is 0 Å². The fraction of sp³-hybridized carbons (Fsp3) is 0.333. The van der Waals surface area contributed by atoms with Crippen molar-refractivity contribution in [2.45, 2.75) is 25.3 Å². The van der Waals surface area contributed by atoms with Gasteiger partial charge in [0.1, 0.15) is 0 Å². The third-order valence-electron chi connectivity index (χ3n) is 4.76. The summed E-state index contributed by atoms with van der Waals surface area (Å²) in [7, 11) is 1.72. The van der Waals surface area contributed by atoms with Gasteiger partial charge in [-0.3, -0.25) is 14.5 Å². The van der Waals surface area contributed by atoms with Crippen molar-refractivity contribution in [1.82, 2.24) is 10.2 Å². The number of anilines is 1. The number of para-hydroxylation sites is 1. The van der Waals surface area contributed by atoms with Gasteiger partial charge in [0.05, 0.1) is 34.9 Å². The van der Waals surface area contributed by atoms with Crippen LogP contribution in [0.1, 0.15) is 30.0 Å². The maximum absolute atomic E-state index is 12.5. The molecule has 0 unspecified atom stereocenters. The molecule has 5 nitrogen and oxygen atoms in total. The van der Waals surface area contributed by atoms with E-state index in [-0.39, 0.29) is 30.9 Å². The van der Waals surface area contributed by atoms with Crippen LogP contribution >= 0.6 is 23.2 Å². The highest BCUT2D eigenvalue weighted by atomic mass is 35.5. The number of rotatable bonds is 6. The van der Waals surface area contributed by atoms with E-state index >= 15 is 0 Å². The van der Waals surface area contributed by atoms with Crippen LogP contribution in [-0.2, 0) is 16.0 Å². The van der Waals surface area contributed by atoms with Gasteiger partial charge in [0, 0.05) is 0 Å². The van der Waals surface area contributed by atoms with Crippen LogP contribution in [-0.4, -0.2) is 36.9 Å². The molecular formula is C21H23Cl2N3O2. The molecule has 0 spiro atoms. The van der Waals surface area contributed by atoms with Crippen LogP contribution in [0.4, 0.5) is 5.69 Å². The van der Waals surface area contributed by atoms with Gasteiger partial charge in [-0.05, 0) is 49.6 Å². The van der Waals surface area contributed by atoms with Gasteiger partial charge in [-0.1, -0.05) is 53.5 Å². The predicted molar refractivity (Wildman–Crippen MR) is 113 cm³/mol. The van der Waals surface area contributed by atoms with E-state index in [1.165, 1.54) is 11.1 Å². The number of nitrogens with zero attached hydrogens (tertiary/aromatic N) is 1. The van der Waals surface area contributed by atoms with E-state index in [4.69, 9.17) is 23.2 Å². The molecule has 2 aromatic rings. The summed E-state index contributed by atoms with van der Waals surface area (Å²) in [5, 5.41) is 6.54. The number of aryl methyl sites for hydroxylation is 1. The fourth-order valence-corrected chi connectivity index (χ4v) is 3.98. The van der Waals surface area contributed by atoms with Crippen molar-refractivity contribution in [2.24, 2.45) is 0 Å². The Balaban J connectivity index is 1.52. The summed E-state index contributed by atoms with van der Waals surface area (Å²) >= 11 is 12.1. The van der Waals surface area contributed by atoms with Gasteiger partial charge in [-0.2, -0.15) is 0 Å². The van der Waals surface area contributed by atoms with Crippen LogP contribution in [0.3, 0.4) is 0 Å². The second-order valence-corrected chi connectivity index (χ2v) is 7.84. The number of amides is 2. The summed E-state index contributed by atoms with van der Waals surface area (Å²) in [6.07, 6.45) is 3.03. The topological polar surface area (TPSA) is 61.4 Å². The van der Waals surface area contributed by atoms with Crippen LogP contribution in [0.2, 0.25) is 10.0 Å². The van der Waals surface area contributed by atoms with Gasteiger partial charge in [0.25, 0.3) is 0 Å². The first-order chi connectivity index (χ1) is 13.4. The molecule has 0 bridgehead atoms. The number of nitrogens with one attached hydrogen (secondary N) is 2. The van der Waals surface area contributed by atoms with Gasteiger partial charge in [0.15, 0.2) is 0 Å². The van der Waals surface area contributed by atoms with E-state index in [0.29, 0.717) is 15.7 Å². The zero-order chi connectivity index (χ0) is 20.1. The smallest absolute Gasteiger partial charge is 0.238 e. The molecule has 2 N–H and O–H groups in total. The quantitative estimate of drug-likeness (QED) is 0.741. The third kappa shape index (κ3) is 5.25. The molecule has 0 saturated carbocycles. The van der Waals surface area contributed by atoms with Crippen molar-refractivity contribution < 1.29 is 9.59 Å². The van der Waals surface area contributed by atoms with E-state index in [2.05, 4.69) is 22.8 Å². The lowest BCUT2D eigenvalue weighted by Crippen LogP contribution is -2.40. The molecular weight excluding hydrogens is 397 g/mol. The van der Waals surface area contributed by atoms with E-state index in [0.717, 1.165) is 19.3 Å². The number of likely N-dealkylation sites (N-methyl/N-ethyl adjacent to an activating group) is 1. The lowest BCUT2D eigenvalue weighted by atomic mass is 9.88. The van der Waals surface area contributed by atoms with Gasteiger partial charge >= 0.3 is 0 Å². The van der Waals surface area contributed by atoms with Gasteiger partial charge in [-0.15, -0.1) is 0 Å². The fourth-order valence-electron chi connectivity index (χ4n) is 3.49. The SMILES string of the molecule is CN(CC(=O)Nc1c(Cl)cccc1Cl)CC(=O)N[C@H]1CCCc2ccccc21. The molecule has 28 heavy (non-hydrogen) atoms. The van der Waals surface area contributed by atoms with Crippen molar-refractivity contribution >= 4 is 40.7 Å². The monoisotopic (exact) mass is 419 g/mol. The molecule has 0 heterocycles. The standard InChI is InChI=1S/C21H23Cl2N3O2/c1-26(13-20(28)25-21-16(22)9-5-10-17(21)23)12-19(27)24-18-11-4-7-14-6-2-3-8-15(14)18/h2-3,5-6,8-10,18H,4,7,11-13H2,1H3,(H,24,27)(H,25,28)/t18-/m0/s1. The van der Waals surface area contributed by atoms with E-state index in [9.17, 15) is 9.59 Å². The molecule has 0 radical (unpaired) electrons. The Morgan fingerprint density at radius 3 is 2.46 bits per heavy atom. The lowest BCUT2D eigenvalue weighted by molar-refractivity contribution is -0.123. The minimum Gasteiger partial charge on any atom is -0.348 e. The number of carbonyl (C=O) groups excluding carboxylic acids is 2. The zero-order valence-corrected chi connectivity index (χ0v) is 17.2. The predicted octanol–water partition coefficient (Wildman–Crippen LogP) is 4.06. The largest absolute Gasteiger partial charge is 0.348 e. The number of halogens is 2. The molecule has 148 valence electrons. The molecule has 3 rings (SSSR count). The number of hydrogen-bond acceptors (Lipinski definition) is 3. The highest BCUT2D eigenvalue weighted by Crippen LogP contribution is 2.30. The van der Waals surface area contributed by atoms with Crippen LogP contribution in [0.5, 0.6) is 0 Å². The Morgan fingerprint density at radius 1 is 1.04 bits per heavy atom. The molecule has 7 heteroatoms. The first-order valence-corrected chi connectivity index (χ1v) is 9.99. The summed E-state index contributed by atoms with van der Waals surface area (Å²) in [6.45, 7) is 0.179. The molecule has 2 aromatic carbocycles. The van der Waals surface area contributed by atoms with Crippen molar-refractivity contribution in [3.05, 3.63) is 63.6 Å². The van der Waals surface area contributed by atoms with Crippen LogP contribution < -0.4 is 10.6 Å². The van der Waals surface area contributed by atoms with Crippen LogP contribution in [0.25, 0.3) is 0 Å². The minimum absolute atomic E-state index is 0.0293. The Labute approximate surface area is 175 Å². The van der Waals surface area contributed by atoms with Crippen molar-refractivity contribution in [2.75, 3.05) is 25.5 Å². The molecule has 1 aliphatic rings. The number of fused-ring (bicyclic) bond motifs is 1. The average Bonchev–Trinajstić information content (AvgIpc) is 2.65. The average molecular weight is 420 g/mol. The summed E-state index contributed by atoms with van der Waals surface area (Å²) in [6, 6.07) is 13.3. The molecule has 0 saturated heterocycles. The number of hydrogen-bond donors (Lipinski definition) is 2. The lowest BCUT2D eigenvalue weighted by Gasteiger charge is -2.27. The summed E-state index contributed by atoms with van der Waals surface area (Å²) < 4.78 is 0. The number of carbonyl (C=O) groups is 2. The van der Waals surface area contributed by atoms with E-state index in [1.54, 1.807) is 30.1 Å². The Morgan fingerprint density at radius 2 is 1.71 bits per heavy atom. The van der Waals surface area contributed by atoms with Gasteiger partial charge < -0.3 is 10.6 Å². The van der Waals surface area contributed by atoms with Crippen LogP contribution in [0.15, 0.2) is 42.5 Å². The maximum Gasteiger partial charge on any atom is 0.238 e. The molecule has 0 fully saturated rings. The van der Waals surface area contributed by atoms with Crippen molar-refractivity contribution in [3.8, 4) is 0 Å². The maximum atomic E-state index is 12.5. The van der Waals surface area contributed by atoms with Crippen LogP contribution in [0, 0.1) is 0 Å². The summed E-state index contributed by atoms with van der Waals surface area (Å²) in [5.74, 6) is -0.388. The Kier molecular flexibility index (Phi) is 6.94. The zero-order valence-electron chi connectivity index (χ0n) is 15.7.